The second-order valence-corrected chi connectivity index (χ2v) is 4.45. The summed E-state index contributed by atoms with van der Waals surface area (Å²) in [4.78, 5) is 0. The normalized spacial score (nSPS) is 10.7. The summed E-state index contributed by atoms with van der Waals surface area (Å²) in [5.74, 6) is -0.389. The molecule has 0 bridgehead atoms. The van der Waals surface area contributed by atoms with E-state index >= 15 is 0 Å². The second kappa shape index (κ2) is 4.93. The van der Waals surface area contributed by atoms with Gasteiger partial charge in [-0.15, -0.1) is 5.10 Å². The first-order chi connectivity index (χ1) is 7.69. The van der Waals surface area contributed by atoms with Crippen molar-refractivity contribution in [2.24, 2.45) is 0 Å². The highest BCUT2D eigenvalue weighted by Crippen LogP contribution is 2.17. The molecule has 0 N–H and O–H groups in total. The number of aryl methyl sites for hydroxylation is 1. The Morgan fingerprint density at radius 2 is 2.19 bits per heavy atom. The van der Waals surface area contributed by atoms with Crippen LogP contribution in [0, 0.1) is 5.82 Å². The summed E-state index contributed by atoms with van der Waals surface area (Å²) in [7, 11) is 0. The summed E-state index contributed by atoms with van der Waals surface area (Å²) in [5.41, 5.74) is 1.41. The zero-order valence-electron chi connectivity index (χ0n) is 8.20. The molecule has 0 unspecified atom stereocenters. The fraction of sp³-hybridized carbons (Fsp3) is 0.200. The molecule has 2 rings (SSSR count). The highest BCUT2D eigenvalue weighted by Gasteiger charge is 2.05. The maximum atomic E-state index is 13.1. The Bertz CT molecular complexity index is 480. The molecule has 0 aliphatic heterocycles. The largest absolute Gasteiger partial charge is 0.220 e. The molecule has 16 heavy (non-hydrogen) atoms. The molecule has 0 amide bonds. The first kappa shape index (κ1) is 11.5. The Hall–Kier alpha value is -0.940. The number of benzene rings is 1. The van der Waals surface area contributed by atoms with Crippen LogP contribution in [0.4, 0.5) is 4.39 Å². The van der Waals surface area contributed by atoms with E-state index in [0.29, 0.717) is 10.7 Å². The van der Waals surface area contributed by atoms with Gasteiger partial charge in [-0.1, -0.05) is 32.7 Å². The molecule has 1 aromatic carbocycles. The van der Waals surface area contributed by atoms with Crippen LogP contribution < -0.4 is 0 Å². The van der Waals surface area contributed by atoms with E-state index < -0.39 is 0 Å². The third-order valence-electron chi connectivity index (χ3n) is 2.00. The highest BCUT2D eigenvalue weighted by atomic mass is 79.9. The maximum absolute atomic E-state index is 13.1. The van der Waals surface area contributed by atoms with Crippen molar-refractivity contribution < 1.29 is 4.39 Å². The van der Waals surface area contributed by atoms with Crippen LogP contribution in [0.25, 0.3) is 5.69 Å². The minimum absolute atomic E-state index is 0.340. The molecule has 84 valence electrons. The fourth-order valence-electron chi connectivity index (χ4n) is 1.31. The zero-order chi connectivity index (χ0) is 11.5. The van der Waals surface area contributed by atoms with Crippen LogP contribution in [0.15, 0.2) is 24.4 Å². The molecule has 0 aliphatic rings. The first-order valence-electron chi connectivity index (χ1n) is 4.62. The smallest absolute Gasteiger partial charge is 0.126 e. The maximum Gasteiger partial charge on any atom is 0.126 e. The number of nitrogens with zero attached hydrogens (tertiary/aromatic N) is 3. The lowest BCUT2D eigenvalue weighted by molar-refractivity contribution is 0.625. The van der Waals surface area contributed by atoms with Crippen LogP contribution in [0.1, 0.15) is 5.69 Å². The number of hydrogen-bond donors (Lipinski definition) is 0. The average Bonchev–Trinajstić information content (AvgIpc) is 2.65. The van der Waals surface area contributed by atoms with E-state index in [1.54, 1.807) is 12.3 Å². The van der Waals surface area contributed by atoms with Crippen molar-refractivity contribution in [2.45, 2.75) is 6.42 Å². The lowest BCUT2D eigenvalue weighted by Gasteiger charge is -2.00. The third kappa shape index (κ3) is 2.59. The van der Waals surface area contributed by atoms with Gasteiger partial charge in [-0.25, -0.2) is 9.07 Å². The summed E-state index contributed by atoms with van der Waals surface area (Å²) in [6, 6.07) is 4.25. The van der Waals surface area contributed by atoms with Gasteiger partial charge in [0.15, 0.2) is 0 Å². The number of aromatic nitrogens is 3. The molecule has 6 heteroatoms. The van der Waals surface area contributed by atoms with E-state index in [1.807, 2.05) is 0 Å². The monoisotopic (exact) mass is 303 g/mol. The van der Waals surface area contributed by atoms with Gasteiger partial charge in [-0.3, -0.25) is 0 Å². The van der Waals surface area contributed by atoms with Gasteiger partial charge < -0.3 is 0 Å². The summed E-state index contributed by atoms with van der Waals surface area (Å²) in [6.45, 7) is 0. The molecule has 0 saturated heterocycles. The van der Waals surface area contributed by atoms with Gasteiger partial charge in [-0.2, -0.15) is 0 Å². The Kier molecular flexibility index (Phi) is 3.56. The quantitative estimate of drug-likeness (QED) is 0.816. The Balaban J connectivity index is 2.34. The van der Waals surface area contributed by atoms with Crippen LogP contribution in [0.2, 0.25) is 5.02 Å². The van der Waals surface area contributed by atoms with E-state index in [4.69, 9.17) is 11.6 Å². The zero-order valence-corrected chi connectivity index (χ0v) is 10.5. The third-order valence-corrected chi connectivity index (χ3v) is 2.62. The molecule has 2 aromatic rings. The van der Waals surface area contributed by atoms with E-state index in [2.05, 4.69) is 26.2 Å². The van der Waals surface area contributed by atoms with Crippen LogP contribution in [0.3, 0.4) is 0 Å². The first-order valence-corrected chi connectivity index (χ1v) is 6.12. The number of rotatable bonds is 3. The molecule has 1 aromatic heterocycles. The molecule has 3 nitrogen and oxygen atoms in total. The van der Waals surface area contributed by atoms with E-state index in [0.717, 1.165) is 17.4 Å². The Morgan fingerprint density at radius 3 is 2.88 bits per heavy atom. The van der Waals surface area contributed by atoms with Gasteiger partial charge in [0.2, 0.25) is 0 Å². The molecular weight excluding hydrogens is 296 g/mol. The molecule has 0 radical (unpaired) electrons. The summed E-state index contributed by atoms with van der Waals surface area (Å²) >= 11 is 9.08. The van der Waals surface area contributed by atoms with E-state index in [9.17, 15) is 4.39 Å². The van der Waals surface area contributed by atoms with Gasteiger partial charge in [0.25, 0.3) is 0 Å². The van der Waals surface area contributed by atoms with Gasteiger partial charge >= 0.3 is 0 Å². The number of halogens is 3. The molecule has 0 atom stereocenters. The predicted molar refractivity (Wildman–Crippen MR) is 63.8 cm³/mol. The van der Waals surface area contributed by atoms with Crippen LogP contribution in [0.5, 0.6) is 0 Å². The van der Waals surface area contributed by atoms with Gasteiger partial charge in [0.05, 0.1) is 17.6 Å². The van der Waals surface area contributed by atoms with Crippen molar-refractivity contribution in [1.82, 2.24) is 15.0 Å². The van der Waals surface area contributed by atoms with Crippen molar-refractivity contribution in [3.05, 3.63) is 40.9 Å². The highest BCUT2D eigenvalue weighted by molar-refractivity contribution is 9.09. The lowest BCUT2D eigenvalue weighted by Crippen LogP contribution is -1.95. The molecule has 1 heterocycles. The van der Waals surface area contributed by atoms with Crippen LogP contribution in [-0.2, 0) is 6.42 Å². The van der Waals surface area contributed by atoms with Gasteiger partial charge in [0.1, 0.15) is 5.82 Å². The predicted octanol–water partition coefficient (Wildman–Crippen LogP) is 3.00. The Morgan fingerprint density at radius 1 is 1.38 bits per heavy atom. The van der Waals surface area contributed by atoms with Crippen molar-refractivity contribution in [2.75, 3.05) is 5.33 Å². The van der Waals surface area contributed by atoms with Crippen molar-refractivity contribution in [3.63, 3.8) is 0 Å². The summed E-state index contributed by atoms with van der Waals surface area (Å²) in [5, 5.41) is 9.02. The second-order valence-electron chi connectivity index (χ2n) is 3.22. The molecule has 0 saturated carbocycles. The average molecular weight is 305 g/mol. The van der Waals surface area contributed by atoms with Crippen LogP contribution >= 0.6 is 27.5 Å². The minimum Gasteiger partial charge on any atom is -0.220 e. The van der Waals surface area contributed by atoms with Crippen LogP contribution in [-0.4, -0.2) is 20.3 Å². The standard InChI is InChI=1S/C10H8BrClFN3/c11-2-1-9-6-16(15-14-9)10-4-7(12)3-8(13)5-10/h3-6H,1-2H2. The van der Waals surface area contributed by atoms with E-state index in [-0.39, 0.29) is 5.82 Å². The lowest BCUT2D eigenvalue weighted by atomic mass is 10.3. The van der Waals surface area contributed by atoms with Crippen molar-refractivity contribution in [1.29, 1.82) is 0 Å². The molecule has 0 fully saturated rings. The minimum atomic E-state index is -0.389. The van der Waals surface area contributed by atoms with Crippen molar-refractivity contribution >= 4 is 27.5 Å². The van der Waals surface area contributed by atoms with Gasteiger partial charge in [-0.05, 0) is 18.2 Å². The molecule has 0 aliphatic carbocycles. The number of alkyl halides is 1. The topological polar surface area (TPSA) is 30.7 Å². The van der Waals surface area contributed by atoms with Gasteiger partial charge in [0, 0.05) is 16.8 Å². The van der Waals surface area contributed by atoms with Crippen molar-refractivity contribution in [3.8, 4) is 5.69 Å². The molecule has 0 spiro atoms. The van der Waals surface area contributed by atoms with E-state index in [1.165, 1.54) is 16.8 Å². The molecular formula is C10H8BrClFN3. The Labute approximate surface area is 105 Å². The summed E-state index contributed by atoms with van der Waals surface area (Å²) in [6.07, 6.45) is 2.54. The fourth-order valence-corrected chi connectivity index (χ4v) is 1.93. The SMILES string of the molecule is Fc1cc(Cl)cc(-n2cc(CCBr)nn2)c1. The summed E-state index contributed by atoms with van der Waals surface area (Å²) < 4.78 is 14.6. The number of hydrogen-bond acceptors (Lipinski definition) is 2.